The molecule has 0 unspecified atom stereocenters. The molecule has 0 spiro atoms. The molecule has 0 N–H and O–H groups in total. The first-order valence-corrected chi connectivity index (χ1v) is 2.89. The van der Waals surface area contributed by atoms with Crippen molar-refractivity contribution < 1.29 is 29.4 Å². The van der Waals surface area contributed by atoms with E-state index in [2.05, 4.69) is 29.9 Å². The normalized spacial score (nSPS) is 12.2. The summed E-state index contributed by atoms with van der Waals surface area (Å²) in [5.74, 6) is 0. The van der Waals surface area contributed by atoms with Gasteiger partial charge in [-0.2, -0.15) is 0 Å². The molecule has 0 bridgehead atoms. The minimum Gasteiger partial charge on any atom is -0.381 e. The van der Waals surface area contributed by atoms with Gasteiger partial charge in [-0.1, -0.05) is 0 Å². The first-order valence-electron chi connectivity index (χ1n) is 2.89. The molecule has 0 aliphatic carbocycles. The smallest absolute Gasteiger partial charge is 0.292 e. The van der Waals surface area contributed by atoms with Gasteiger partial charge in [0.1, 0.15) is 0 Å². The lowest BCUT2D eigenvalue weighted by molar-refractivity contribution is -0.803. The molecule has 10 nitrogen and oxygen atoms in total. The summed E-state index contributed by atoms with van der Waals surface area (Å²) in [6.45, 7) is -0.524. The minimum atomic E-state index is -0.524. The van der Waals surface area contributed by atoms with Crippen LogP contribution in [0.3, 0.4) is 0 Å². The minimum absolute atomic E-state index is 0.200. The maximum Gasteiger partial charge on any atom is 0.292 e. The Morgan fingerprint density at radius 3 is 1.69 bits per heavy atom. The number of hydrogen-bond donors (Lipinski definition) is 0. The molecule has 0 radical (unpaired) electrons. The Bertz CT molecular complexity index is 172. The van der Waals surface area contributed by atoms with Crippen LogP contribution in [0.5, 0.6) is 0 Å². The summed E-state index contributed by atoms with van der Waals surface area (Å²) in [6, 6.07) is 0. The van der Waals surface area contributed by atoms with Crippen LogP contribution < -0.4 is 0 Å². The maximum atomic E-state index is 10.2. The van der Waals surface area contributed by atoms with Crippen molar-refractivity contribution in [3.8, 4) is 0 Å². The average molecular weight is 196 g/mol. The molecule has 76 valence electrons. The molecule has 0 aromatic rings. The van der Waals surface area contributed by atoms with Gasteiger partial charge in [-0.25, -0.2) is 10.4 Å². The highest BCUT2D eigenvalue weighted by Gasteiger charge is 1.95. The van der Waals surface area contributed by atoms with Crippen molar-refractivity contribution in [3.63, 3.8) is 0 Å². The van der Waals surface area contributed by atoms with Crippen LogP contribution in [0.15, 0.2) is 10.6 Å². The van der Waals surface area contributed by atoms with E-state index in [1.807, 2.05) is 0 Å². The molecule has 0 heterocycles. The molecule has 0 amide bonds. The fraction of sp³-hybridized carbons (Fsp3) is 1.00. The third-order valence-electron chi connectivity index (χ3n) is 0.667. The van der Waals surface area contributed by atoms with Crippen LogP contribution in [0.1, 0.15) is 0 Å². The molecule has 13 heavy (non-hydrogen) atoms. The van der Waals surface area contributed by atoms with Gasteiger partial charge in [0.25, 0.3) is 17.3 Å². The van der Waals surface area contributed by atoms with Crippen LogP contribution in [0.25, 0.3) is 0 Å². The van der Waals surface area contributed by atoms with E-state index >= 15 is 0 Å². The first kappa shape index (κ1) is 11.0. The molecule has 0 fully saturated rings. The molecule has 0 rings (SSSR count). The predicted molar refractivity (Wildman–Crippen MR) is 33.2 cm³/mol. The van der Waals surface area contributed by atoms with E-state index < -0.39 is 6.79 Å². The molecule has 10 heteroatoms. The lowest BCUT2D eigenvalue weighted by atomic mass is 11.5. The van der Waals surface area contributed by atoms with Crippen molar-refractivity contribution in [1.29, 1.82) is 0 Å². The summed E-state index contributed by atoms with van der Waals surface area (Å²) < 4.78 is 0. The topological polar surface area (TPSA) is 114 Å². The summed E-state index contributed by atoms with van der Waals surface area (Å²) >= 11 is 0. The van der Waals surface area contributed by atoms with E-state index in [1.54, 1.807) is 0 Å². The van der Waals surface area contributed by atoms with Gasteiger partial charge in [0.15, 0.2) is 0 Å². The van der Waals surface area contributed by atoms with E-state index in [4.69, 9.17) is 0 Å². The maximum absolute atomic E-state index is 10.2. The van der Waals surface area contributed by atoms with E-state index in [0.29, 0.717) is 0 Å². The molecule has 0 aromatic carbocycles. The van der Waals surface area contributed by atoms with Crippen molar-refractivity contribution in [2.24, 2.45) is 10.6 Å². The van der Waals surface area contributed by atoms with Crippen LogP contribution in [0, 0.1) is 10.4 Å². The standard InChI is InChI=1S/C3H8N4O6/c1-10-6(8)4-12-3-13-5-7(9)11-2/h3H2,1-2H3/b6-4+,7-5+. The third kappa shape index (κ3) is 6.40. The second-order valence-electron chi connectivity index (χ2n) is 1.38. The molecule has 0 saturated carbocycles. The average Bonchev–Trinajstić information content (AvgIpc) is 2.16. The van der Waals surface area contributed by atoms with Crippen molar-refractivity contribution in [3.05, 3.63) is 10.4 Å². The zero-order chi connectivity index (χ0) is 10.1. The van der Waals surface area contributed by atoms with Gasteiger partial charge in [0, 0.05) is 14.2 Å². The summed E-state index contributed by atoms with van der Waals surface area (Å²) in [5.41, 5.74) is 0. The Labute approximate surface area is 72.5 Å². The number of hydrogen-bond acceptors (Lipinski definition) is 8. The van der Waals surface area contributed by atoms with E-state index in [9.17, 15) is 10.4 Å². The summed E-state index contributed by atoms with van der Waals surface area (Å²) in [5, 5.41) is 25.5. The van der Waals surface area contributed by atoms with Crippen molar-refractivity contribution in [1.82, 2.24) is 0 Å². The Morgan fingerprint density at radius 1 is 1.00 bits per heavy atom. The van der Waals surface area contributed by atoms with Gasteiger partial charge in [-0.3, -0.25) is 9.68 Å². The van der Waals surface area contributed by atoms with Crippen molar-refractivity contribution in [2.45, 2.75) is 0 Å². The number of rotatable bonds is 6. The highest BCUT2D eigenvalue weighted by atomic mass is 16.9. The molecule has 0 aliphatic rings. The fourth-order valence-electron chi connectivity index (χ4n) is 0.232. The van der Waals surface area contributed by atoms with Crippen LogP contribution in [0.4, 0.5) is 0 Å². The van der Waals surface area contributed by atoms with Gasteiger partial charge in [-0.15, -0.1) is 0 Å². The molecule has 0 aromatic heterocycles. The summed E-state index contributed by atoms with van der Waals surface area (Å²) in [7, 11) is 2.19. The quantitative estimate of drug-likeness (QED) is 0.252. The van der Waals surface area contributed by atoms with Crippen LogP contribution in [-0.2, 0) is 19.4 Å². The molecule has 0 aliphatic heterocycles. The van der Waals surface area contributed by atoms with E-state index in [1.165, 1.54) is 0 Å². The zero-order valence-electron chi connectivity index (χ0n) is 6.95. The predicted octanol–water partition coefficient (Wildman–Crippen LogP) is -0.145. The monoisotopic (exact) mass is 196 g/mol. The molecule has 0 saturated heterocycles. The molecular formula is C3H8N4O6. The van der Waals surface area contributed by atoms with Crippen molar-refractivity contribution >= 4 is 0 Å². The molecule has 0 atom stereocenters. The van der Waals surface area contributed by atoms with Gasteiger partial charge < -0.3 is 9.68 Å². The zero-order valence-corrected chi connectivity index (χ0v) is 6.95. The Balaban J connectivity index is 3.47. The Morgan fingerprint density at radius 2 is 1.38 bits per heavy atom. The summed E-state index contributed by atoms with van der Waals surface area (Å²) in [6.07, 6.45) is 0. The Hall–Kier alpha value is -2.00. The largest absolute Gasteiger partial charge is 0.381 e. The second kappa shape index (κ2) is 6.69. The number of nitrogens with zero attached hydrogens (tertiary/aromatic N) is 4. The van der Waals surface area contributed by atoms with Gasteiger partial charge >= 0.3 is 0 Å². The SMILES string of the molecule is CO/[N+]([O-])=N/OCO/N=[N+](\[O-])OC. The highest BCUT2D eigenvalue weighted by Crippen LogP contribution is 1.84. The third-order valence-corrected chi connectivity index (χ3v) is 0.667. The Kier molecular flexibility index (Phi) is 5.66. The van der Waals surface area contributed by atoms with E-state index in [0.717, 1.165) is 14.2 Å². The van der Waals surface area contributed by atoms with Gasteiger partial charge in [0.2, 0.25) is 10.0 Å². The van der Waals surface area contributed by atoms with E-state index in [-0.39, 0.29) is 10.0 Å². The molecular weight excluding hydrogens is 188 g/mol. The van der Waals surface area contributed by atoms with Gasteiger partial charge in [0.05, 0.1) is 0 Å². The summed E-state index contributed by atoms with van der Waals surface area (Å²) in [4.78, 5) is 16.3. The van der Waals surface area contributed by atoms with Crippen LogP contribution in [-0.4, -0.2) is 31.1 Å². The van der Waals surface area contributed by atoms with Crippen LogP contribution in [0.2, 0.25) is 0 Å². The first-order chi connectivity index (χ1) is 6.20. The van der Waals surface area contributed by atoms with Crippen LogP contribution >= 0.6 is 0 Å². The lowest BCUT2D eigenvalue weighted by Gasteiger charge is -1.93. The van der Waals surface area contributed by atoms with Gasteiger partial charge in [-0.05, 0) is 0 Å². The highest BCUT2D eigenvalue weighted by molar-refractivity contribution is 3.88. The fourth-order valence-corrected chi connectivity index (χ4v) is 0.232. The second-order valence-corrected chi connectivity index (χ2v) is 1.38. The van der Waals surface area contributed by atoms with Crippen molar-refractivity contribution in [2.75, 3.05) is 21.0 Å². The lowest BCUT2D eigenvalue weighted by Crippen LogP contribution is -2.02.